The zero-order valence-corrected chi connectivity index (χ0v) is 13.9. The van der Waals surface area contributed by atoms with Crippen molar-refractivity contribution in [1.82, 2.24) is 20.0 Å². The Bertz CT molecular complexity index is 978. The number of anilines is 1. The molecule has 1 N–H and O–H groups in total. The topological polar surface area (TPSA) is 72.7 Å². The summed E-state index contributed by atoms with van der Waals surface area (Å²) in [5, 5.41) is 13.3. The van der Waals surface area contributed by atoms with E-state index < -0.39 is 0 Å². The van der Waals surface area contributed by atoms with Crippen LogP contribution < -0.4 is 5.32 Å². The first-order valence-electron chi connectivity index (χ1n) is 7.59. The molecule has 2 aromatic heterocycles. The van der Waals surface area contributed by atoms with Gasteiger partial charge in [0.05, 0.1) is 17.6 Å². The Labute approximate surface area is 147 Å². The van der Waals surface area contributed by atoms with Gasteiger partial charge in [-0.2, -0.15) is 0 Å². The third kappa shape index (κ3) is 3.17. The molecule has 1 amide bonds. The van der Waals surface area contributed by atoms with E-state index in [0.717, 1.165) is 16.9 Å². The van der Waals surface area contributed by atoms with Crippen molar-refractivity contribution < 1.29 is 4.79 Å². The van der Waals surface area contributed by atoms with Gasteiger partial charge < -0.3 is 0 Å². The van der Waals surface area contributed by atoms with Crippen LogP contribution in [0, 0.1) is 0 Å². The number of hydrogen-bond acceptors (Lipinski definition) is 5. The van der Waals surface area contributed by atoms with Crippen molar-refractivity contribution in [2.24, 2.45) is 0 Å². The summed E-state index contributed by atoms with van der Waals surface area (Å²) >= 11 is 1.38. The van der Waals surface area contributed by atoms with Crippen molar-refractivity contribution in [1.29, 1.82) is 0 Å². The van der Waals surface area contributed by atoms with Crippen molar-refractivity contribution >= 4 is 22.4 Å². The summed E-state index contributed by atoms with van der Waals surface area (Å²) in [6, 6.07) is 17.1. The fourth-order valence-corrected chi connectivity index (χ4v) is 2.96. The summed E-state index contributed by atoms with van der Waals surface area (Å²) in [6.07, 6.45) is 3.37. The molecule has 4 aromatic rings. The molecular formula is C18H13N5OS. The monoisotopic (exact) mass is 347 g/mol. The Morgan fingerprint density at radius 2 is 1.84 bits per heavy atom. The van der Waals surface area contributed by atoms with Gasteiger partial charge >= 0.3 is 0 Å². The molecule has 0 aliphatic carbocycles. The molecular weight excluding hydrogens is 334 g/mol. The first kappa shape index (κ1) is 15.2. The third-order valence-electron chi connectivity index (χ3n) is 3.65. The Kier molecular flexibility index (Phi) is 4.05. The van der Waals surface area contributed by atoms with Crippen molar-refractivity contribution in [2.75, 3.05) is 5.32 Å². The average molecular weight is 347 g/mol. The average Bonchev–Trinajstić information content (AvgIpc) is 3.34. The van der Waals surface area contributed by atoms with E-state index in [1.54, 1.807) is 29.2 Å². The molecule has 4 rings (SSSR count). The summed E-state index contributed by atoms with van der Waals surface area (Å²) in [4.78, 5) is 16.3. The van der Waals surface area contributed by atoms with Gasteiger partial charge in [-0.1, -0.05) is 35.5 Å². The molecule has 0 atom stereocenters. The number of thiazole rings is 1. The second-order valence-corrected chi connectivity index (χ2v) is 6.13. The number of carbonyl (C=O) groups excluding carboxylic acids is 1. The van der Waals surface area contributed by atoms with Crippen LogP contribution in [0.5, 0.6) is 0 Å². The standard InChI is InChI=1S/C18H13N5OS/c24-17(21-18-19-10-11-25-18)14-6-8-15(9-7-14)23-16(12-20-22-23)13-4-2-1-3-5-13/h1-12H,(H,19,21,24). The number of aromatic nitrogens is 4. The van der Waals surface area contributed by atoms with Crippen LogP contribution in [0.15, 0.2) is 72.4 Å². The van der Waals surface area contributed by atoms with Gasteiger partial charge in [0.2, 0.25) is 0 Å². The van der Waals surface area contributed by atoms with E-state index in [2.05, 4.69) is 20.6 Å². The first-order valence-corrected chi connectivity index (χ1v) is 8.46. The van der Waals surface area contributed by atoms with Crippen molar-refractivity contribution in [2.45, 2.75) is 0 Å². The normalized spacial score (nSPS) is 10.6. The van der Waals surface area contributed by atoms with Crippen molar-refractivity contribution in [3.63, 3.8) is 0 Å². The Morgan fingerprint density at radius 3 is 2.56 bits per heavy atom. The lowest BCUT2D eigenvalue weighted by molar-refractivity contribution is 0.102. The van der Waals surface area contributed by atoms with Gasteiger partial charge in [0.1, 0.15) is 0 Å². The minimum Gasteiger partial charge on any atom is -0.298 e. The number of carbonyl (C=O) groups is 1. The van der Waals surface area contributed by atoms with Crippen LogP contribution in [-0.2, 0) is 0 Å². The van der Waals surface area contributed by atoms with Crippen LogP contribution in [0.1, 0.15) is 10.4 Å². The molecule has 0 spiro atoms. The first-order chi connectivity index (χ1) is 12.3. The molecule has 122 valence electrons. The zero-order valence-electron chi connectivity index (χ0n) is 13.0. The van der Waals surface area contributed by atoms with Crippen molar-refractivity contribution in [3.8, 4) is 16.9 Å². The van der Waals surface area contributed by atoms with Crippen LogP contribution >= 0.6 is 11.3 Å². The molecule has 0 aliphatic heterocycles. The maximum atomic E-state index is 12.2. The van der Waals surface area contributed by atoms with E-state index in [1.807, 2.05) is 47.8 Å². The van der Waals surface area contributed by atoms with E-state index in [9.17, 15) is 4.79 Å². The molecule has 0 fully saturated rings. The molecule has 25 heavy (non-hydrogen) atoms. The van der Waals surface area contributed by atoms with Crippen LogP contribution in [-0.4, -0.2) is 25.9 Å². The highest BCUT2D eigenvalue weighted by Crippen LogP contribution is 2.21. The Hall–Kier alpha value is -3.32. The minimum absolute atomic E-state index is 0.191. The van der Waals surface area contributed by atoms with Gasteiger partial charge in [0, 0.05) is 22.7 Å². The maximum absolute atomic E-state index is 12.2. The summed E-state index contributed by atoms with van der Waals surface area (Å²) < 4.78 is 1.75. The highest BCUT2D eigenvalue weighted by molar-refractivity contribution is 7.13. The maximum Gasteiger partial charge on any atom is 0.257 e. The van der Waals surface area contributed by atoms with Gasteiger partial charge in [-0.05, 0) is 24.3 Å². The number of benzene rings is 2. The van der Waals surface area contributed by atoms with Crippen LogP contribution in [0.4, 0.5) is 5.13 Å². The highest BCUT2D eigenvalue weighted by atomic mass is 32.1. The van der Waals surface area contributed by atoms with Crippen LogP contribution in [0.25, 0.3) is 16.9 Å². The molecule has 2 aromatic carbocycles. The van der Waals surface area contributed by atoms with Crippen molar-refractivity contribution in [3.05, 3.63) is 77.9 Å². The summed E-state index contributed by atoms with van der Waals surface area (Å²) in [7, 11) is 0. The zero-order chi connectivity index (χ0) is 17.1. The summed E-state index contributed by atoms with van der Waals surface area (Å²) in [5.41, 5.74) is 3.31. The molecule has 7 heteroatoms. The van der Waals surface area contributed by atoms with Gasteiger partial charge in [-0.25, -0.2) is 9.67 Å². The van der Waals surface area contributed by atoms with Gasteiger partial charge in [0.25, 0.3) is 5.91 Å². The number of hydrogen-bond donors (Lipinski definition) is 1. The van der Waals surface area contributed by atoms with Gasteiger partial charge in [0.15, 0.2) is 5.13 Å². The number of amides is 1. The van der Waals surface area contributed by atoms with Gasteiger partial charge in [-0.3, -0.25) is 10.1 Å². The predicted molar refractivity (Wildman–Crippen MR) is 96.9 cm³/mol. The predicted octanol–water partition coefficient (Wildman–Crippen LogP) is 3.64. The molecule has 0 saturated heterocycles. The largest absolute Gasteiger partial charge is 0.298 e. The lowest BCUT2D eigenvalue weighted by Crippen LogP contribution is -2.11. The number of nitrogens with one attached hydrogen (secondary N) is 1. The second-order valence-electron chi connectivity index (χ2n) is 5.24. The Balaban J connectivity index is 1.59. The number of nitrogens with zero attached hydrogens (tertiary/aromatic N) is 4. The molecule has 0 radical (unpaired) electrons. The summed E-state index contributed by atoms with van der Waals surface area (Å²) in [5.74, 6) is -0.191. The Morgan fingerprint density at radius 1 is 1.04 bits per heavy atom. The van der Waals surface area contributed by atoms with E-state index in [-0.39, 0.29) is 5.91 Å². The fraction of sp³-hybridized carbons (Fsp3) is 0. The quantitative estimate of drug-likeness (QED) is 0.612. The van der Waals surface area contributed by atoms with E-state index >= 15 is 0 Å². The summed E-state index contributed by atoms with van der Waals surface area (Å²) in [6.45, 7) is 0. The molecule has 2 heterocycles. The fourth-order valence-electron chi connectivity index (χ4n) is 2.44. The smallest absolute Gasteiger partial charge is 0.257 e. The molecule has 0 saturated carbocycles. The lowest BCUT2D eigenvalue weighted by atomic mass is 10.1. The molecule has 0 aliphatic rings. The van der Waals surface area contributed by atoms with Gasteiger partial charge in [-0.15, -0.1) is 16.4 Å². The van der Waals surface area contributed by atoms with E-state index in [1.165, 1.54) is 11.3 Å². The molecule has 6 nitrogen and oxygen atoms in total. The number of rotatable bonds is 4. The molecule has 0 unspecified atom stereocenters. The second kappa shape index (κ2) is 6.66. The molecule has 0 bridgehead atoms. The minimum atomic E-state index is -0.191. The highest BCUT2D eigenvalue weighted by Gasteiger charge is 2.11. The van der Waals surface area contributed by atoms with Crippen LogP contribution in [0.2, 0.25) is 0 Å². The third-order valence-corrected chi connectivity index (χ3v) is 4.33. The SMILES string of the molecule is O=C(Nc1nccs1)c1ccc(-n2nncc2-c2ccccc2)cc1. The van der Waals surface area contributed by atoms with E-state index in [4.69, 9.17) is 0 Å². The van der Waals surface area contributed by atoms with Crippen LogP contribution in [0.3, 0.4) is 0 Å². The van der Waals surface area contributed by atoms with E-state index in [0.29, 0.717) is 10.7 Å². The lowest BCUT2D eigenvalue weighted by Gasteiger charge is -2.07.